The summed E-state index contributed by atoms with van der Waals surface area (Å²) in [6, 6.07) is 2.25. The number of nitriles is 1. The lowest BCUT2D eigenvalue weighted by Crippen LogP contribution is -2.52. The van der Waals surface area contributed by atoms with Crippen molar-refractivity contribution in [1.29, 1.82) is 5.26 Å². The van der Waals surface area contributed by atoms with Gasteiger partial charge in [0.2, 0.25) is 5.91 Å². The number of amides is 1. The number of nitrogens with zero attached hydrogens (tertiary/aromatic N) is 2. The smallest absolute Gasteiger partial charge is 0.243 e. The summed E-state index contributed by atoms with van der Waals surface area (Å²) in [5, 5.41) is 9.43. The average molecular weight is 266 g/mol. The van der Waals surface area contributed by atoms with E-state index in [9.17, 15) is 10.1 Å². The Balaban J connectivity index is 2.08. The number of methoxy groups -OCH3 is 1. The fourth-order valence-electron chi connectivity index (χ4n) is 2.92. The molecule has 2 fully saturated rings. The number of rotatable bonds is 2. The Hall–Kier alpha value is -1.12. The number of piperidine rings is 1. The zero-order chi connectivity index (χ0) is 13.9. The predicted molar refractivity (Wildman–Crippen MR) is 69.3 cm³/mol. The molecule has 0 radical (unpaired) electrons. The number of carbonyl (C=O) groups is 1. The maximum absolute atomic E-state index is 12.7. The van der Waals surface area contributed by atoms with Gasteiger partial charge in [0.1, 0.15) is 5.41 Å². The highest BCUT2D eigenvalue weighted by Gasteiger charge is 2.44. The summed E-state index contributed by atoms with van der Waals surface area (Å²) in [5.74, 6) is 0.425. The molecule has 19 heavy (non-hydrogen) atoms. The highest BCUT2D eigenvalue weighted by Crippen LogP contribution is 2.33. The topological polar surface area (TPSA) is 62.6 Å². The molecular formula is C14H22N2O3. The monoisotopic (exact) mass is 266 g/mol. The lowest BCUT2D eigenvalue weighted by molar-refractivity contribution is -0.148. The molecule has 2 unspecified atom stereocenters. The minimum Gasteiger partial charge on any atom is -0.381 e. The summed E-state index contributed by atoms with van der Waals surface area (Å²) in [4.78, 5) is 14.5. The molecule has 2 aliphatic rings. The summed E-state index contributed by atoms with van der Waals surface area (Å²) in [5.41, 5.74) is -0.878. The van der Waals surface area contributed by atoms with Crippen molar-refractivity contribution >= 4 is 5.91 Å². The molecule has 2 saturated heterocycles. The molecule has 0 spiro atoms. The zero-order valence-corrected chi connectivity index (χ0v) is 11.7. The van der Waals surface area contributed by atoms with Gasteiger partial charge in [0.05, 0.1) is 12.2 Å². The minimum absolute atomic E-state index is 0.0350. The van der Waals surface area contributed by atoms with E-state index in [-0.39, 0.29) is 12.0 Å². The first-order valence-corrected chi connectivity index (χ1v) is 6.94. The third-order valence-corrected chi connectivity index (χ3v) is 4.45. The third kappa shape index (κ3) is 2.75. The maximum Gasteiger partial charge on any atom is 0.243 e. The Bertz CT molecular complexity index is 371. The van der Waals surface area contributed by atoms with Gasteiger partial charge in [0.25, 0.3) is 0 Å². The van der Waals surface area contributed by atoms with Gasteiger partial charge >= 0.3 is 0 Å². The van der Waals surface area contributed by atoms with Crippen LogP contribution in [0.3, 0.4) is 0 Å². The molecular weight excluding hydrogens is 244 g/mol. The number of carbonyl (C=O) groups excluding carboxylic acids is 1. The molecule has 2 atom stereocenters. The lowest BCUT2D eigenvalue weighted by atomic mass is 9.79. The summed E-state index contributed by atoms with van der Waals surface area (Å²) < 4.78 is 10.7. The van der Waals surface area contributed by atoms with Crippen LogP contribution in [0, 0.1) is 22.7 Å². The number of hydrogen-bond donors (Lipinski definition) is 0. The first-order valence-electron chi connectivity index (χ1n) is 6.94. The predicted octanol–water partition coefficient (Wildman–Crippen LogP) is 1.19. The molecule has 0 aromatic heterocycles. The second-order valence-corrected chi connectivity index (χ2v) is 5.60. The van der Waals surface area contributed by atoms with Gasteiger partial charge in [-0.2, -0.15) is 5.26 Å². The Labute approximate surface area is 114 Å². The molecule has 0 aromatic carbocycles. The van der Waals surface area contributed by atoms with Gasteiger partial charge in [-0.1, -0.05) is 6.92 Å². The Morgan fingerprint density at radius 1 is 1.47 bits per heavy atom. The van der Waals surface area contributed by atoms with Crippen molar-refractivity contribution < 1.29 is 14.3 Å². The van der Waals surface area contributed by atoms with E-state index in [0.717, 1.165) is 13.0 Å². The van der Waals surface area contributed by atoms with Crippen molar-refractivity contribution in [3.8, 4) is 6.07 Å². The molecule has 2 rings (SSSR count). The molecule has 0 aromatic rings. The van der Waals surface area contributed by atoms with Gasteiger partial charge in [0, 0.05) is 33.4 Å². The highest BCUT2D eigenvalue weighted by atomic mass is 16.5. The van der Waals surface area contributed by atoms with Crippen LogP contribution in [0.1, 0.15) is 26.2 Å². The van der Waals surface area contributed by atoms with Crippen LogP contribution in [0.15, 0.2) is 0 Å². The molecule has 0 saturated carbocycles. The molecule has 106 valence electrons. The second kappa shape index (κ2) is 5.89. The molecule has 2 heterocycles. The summed E-state index contributed by atoms with van der Waals surface area (Å²) in [6.45, 7) is 4.46. The summed E-state index contributed by atoms with van der Waals surface area (Å²) in [7, 11) is 1.68. The van der Waals surface area contributed by atoms with Crippen molar-refractivity contribution in [2.24, 2.45) is 11.3 Å². The van der Waals surface area contributed by atoms with Crippen molar-refractivity contribution in [2.45, 2.75) is 32.3 Å². The molecule has 2 aliphatic heterocycles. The van der Waals surface area contributed by atoms with E-state index in [1.165, 1.54) is 0 Å². The van der Waals surface area contributed by atoms with E-state index >= 15 is 0 Å². The molecule has 0 aliphatic carbocycles. The van der Waals surface area contributed by atoms with Crippen LogP contribution in [-0.2, 0) is 14.3 Å². The fourth-order valence-corrected chi connectivity index (χ4v) is 2.92. The Morgan fingerprint density at radius 2 is 2.16 bits per heavy atom. The van der Waals surface area contributed by atoms with Crippen LogP contribution in [0.2, 0.25) is 0 Å². The average Bonchev–Trinajstić information content (AvgIpc) is 2.47. The number of likely N-dealkylation sites (tertiary alicyclic amines) is 1. The van der Waals surface area contributed by atoms with Crippen LogP contribution in [-0.4, -0.2) is 50.3 Å². The van der Waals surface area contributed by atoms with E-state index in [4.69, 9.17) is 9.47 Å². The van der Waals surface area contributed by atoms with E-state index < -0.39 is 5.41 Å². The van der Waals surface area contributed by atoms with Crippen molar-refractivity contribution in [2.75, 3.05) is 33.4 Å². The van der Waals surface area contributed by atoms with Gasteiger partial charge in [-0.25, -0.2) is 0 Å². The summed E-state index contributed by atoms with van der Waals surface area (Å²) in [6.07, 6.45) is 2.02. The van der Waals surface area contributed by atoms with Gasteiger partial charge in [-0.05, 0) is 25.2 Å². The van der Waals surface area contributed by atoms with Crippen LogP contribution >= 0.6 is 0 Å². The summed E-state index contributed by atoms with van der Waals surface area (Å²) >= 11 is 0. The third-order valence-electron chi connectivity index (χ3n) is 4.45. The Morgan fingerprint density at radius 3 is 2.74 bits per heavy atom. The van der Waals surface area contributed by atoms with E-state index in [0.29, 0.717) is 38.5 Å². The SMILES string of the molecule is COC1CN(C(=O)C2(C#N)CCOCC2)CCC1C. The quantitative estimate of drug-likeness (QED) is 0.753. The normalized spacial score (nSPS) is 30.7. The number of ether oxygens (including phenoxy) is 2. The van der Waals surface area contributed by atoms with E-state index in [1.54, 1.807) is 7.11 Å². The van der Waals surface area contributed by atoms with E-state index in [1.807, 2.05) is 4.90 Å². The van der Waals surface area contributed by atoms with Crippen LogP contribution in [0.4, 0.5) is 0 Å². The van der Waals surface area contributed by atoms with Crippen LogP contribution < -0.4 is 0 Å². The molecule has 0 bridgehead atoms. The molecule has 5 nitrogen and oxygen atoms in total. The number of hydrogen-bond acceptors (Lipinski definition) is 4. The van der Waals surface area contributed by atoms with Crippen LogP contribution in [0.25, 0.3) is 0 Å². The molecule has 1 amide bonds. The van der Waals surface area contributed by atoms with Gasteiger partial charge in [0.15, 0.2) is 0 Å². The van der Waals surface area contributed by atoms with E-state index in [2.05, 4.69) is 13.0 Å². The standard InChI is InChI=1S/C14H22N2O3/c1-11-3-6-16(9-12(11)18-2)13(17)14(10-15)4-7-19-8-5-14/h11-12H,3-9H2,1-2H3. The second-order valence-electron chi connectivity index (χ2n) is 5.60. The van der Waals surface area contributed by atoms with Gasteiger partial charge in [-0.15, -0.1) is 0 Å². The fraction of sp³-hybridized carbons (Fsp3) is 0.857. The first-order chi connectivity index (χ1) is 9.13. The van der Waals surface area contributed by atoms with Crippen LogP contribution in [0.5, 0.6) is 0 Å². The minimum atomic E-state index is -0.878. The van der Waals surface area contributed by atoms with Crippen molar-refractivity contribution in [3.63, 3.8) is 0 Å². The maximum atomic E-state index is 12.7. The largest absolute Gasteiger partial charge is 0.381 e. The first kappa shape index (κ1) is 14.3. The highest BCUT2D eigenvalue weighted by molar-refractivity contribution is 5.85. The Kier molecular flexibility index (Phi) is 4.43. The molecule has 5 heteroatoms. The van der Waals surface area contributed by atoms with Gasteiger partial charge < -0.3 is 14.4 Å². The molecule has 0 N–H and O–H groups in total. The van der Waals surface area contributed by atoms with Crippen molar-refractivity contribution in [3.05, 3.63) is 0 Å². The van der Waals surface area contributed by atoms with Crippen molar-refractivity contribution in [1.82, 2.24) is 4.90 Å². The van der Waals surface area contributed by atoms with Gasteiger partial charge in [-0.3, -0.25) is 4.79 Å². The lowest BCUT2D eigenvalue weighted by Gasteiger charge is -2.40. The zero-order valence-electron chi connectivity index (χ0n) is 11.7.